The van der Waals surface area contributed by atoms with Crippen LogP contribution in [0.4, 0.5) is 0 Å². The number of fused-ring (bicyclic) bond motifs is 1. The van der Waals surface area contributed by atoms with E-state index in [-0.39, 0.29) is 18.4 Å². The molecule has 2 atom stereocenters. The Kier molecular flexibility index (Phi) is 3.84. The standard InChI is InChI=1S/C14H17N3O2S/c18-13(11-2-4-20-8-11)7-16-14(19)10-1-3-17-9-15-6-12(17)5-10/h2,4,6,8-10,13,18H,1,3,5,7H2,(H,16,19). The zero-order valence-electron chi connectivity index (χ0n) is 11.0. The van der Waals surface area contributed by atoms with E-state index in [4.69, 9.17) is 0 Å². The zero-order valence-corrected chi connectivity index (χ0v) is 11.8. The molecule has 0 aromatic carbocycles. The van der Waals surface area contributed by atoms with Crippen LogP contribution in [0.25, 0.3) is 0 Å². The fourth-order valence-electron chi connectivity index (χ4n) is 2.52. The van der Waals surface area contributed by atoms with Gasteiger partial charge in [-0.3, -0.25) is 4.79 Å². The summed E-state index contributed by atoms with van der Waals surface area (Å²) in [4.78, 5) is 16.3. The van der Waals surface area contributed by atoms with Gasteiger partial charge in [-0.2, -0.15) is 11.3 Å². The molecule has 0 saturated carbocycles. The fraction of sp³-hybridized carbons (Fsp3) is 0.429. The third-order valence-electron chi connectivity index (χ3n) is 3.74. The summed E-state index contributed by atoms with van der Waals surface area (Å²) in [6.45, 7) is 1.10. The maximum absolute atomic E-state index is 12.2. The molecule has 0 saturated heterocycles. The average Bonchev–Trinajstić information content (AvgIpc) is 3.13. The van der Waals surface area contributed by atoms with Crippen molar-refractivity contribution in [2.24, 2.45) is 5.92 Å². The molecule has 2 aromatic rings. The van der Waals surface area contributed by atoms with Crippen LogP contribution in [0.5, 0.6) is 0 Å². The van der Waals surface area contributed by atoms with E-state index in [1.54, 1.807) is 11.3 Å². The van der Waals surface area contributed by atoms with Gasteiger partial charge >= 0.3 is 0 Å². The van der Waals surface area contributed by atoms with E-state index in [1.165, 1.54) is 0 Å². The first-order valence-electron chi connectivity index (χ1n) is 6.71. The number of hydrogen-bond acceptors (Lipinski definition) is 4. The molecule has 1 amide bonds. The monoisotopic (exact) mass is 291 g/mol. The Bertz CT molecular complexity index is 579. The molecular formula is C14H17N3O2S. The van der Waals surface area contributed by atoms with Gasteiger partial charge in [0, 0.05) is 37.3 Å². The van der Waals surface area contributed by atoms with Crippen molar-refractivity contribution in [2.45, 2.75) is 25.5 Å². The Morgan fingerprint density at radius 2 is 2.55 bits per heavy atom. The Labute approximate surface area is 121 Å². The van der Waals surface area contributed by atoms with Gasteiger partial charge in [0.15, 0.2) is 0 Å². The smallest absolute Gasteiger partial charge is 0.223 e. The van der Waals surface area contributed by atoms with Crippen molar-refractivity contribution < 1.29 is 9.90 Å². The van der Waals surface area contributed by atoms with Gasteiger partial charge in [0.05, 0.1) is 12.4 Å². The predicted molar refractivity (Wildman–Crippen MR) is 76.3 cm³/mol. The highest BCUT2D eigenvalue weighted by atomic mass is 32.1. The number of carbonyl (C=O) groups is 1. The second-order valence-electron chi connectivity index (χ2n) is 5.09. The molecule has 3 heterocycles. The van der Waals surface area contributed by atoms with Gasteiger partial charge in [-0.1, -0.05) is 0 Å². The number of imidazole rings is 1. The summed E-state index contributed by atoms with van der Waals surface area (Å²) in [6.07, 6.45) is 4.55. The molecule has 2 aromatic heterocycles. The van der Waals surface area contributed by atoms with E-state index < -0.39 is 6.10 Å². The topological polar surface area (TPSA) is 67.2 Å². The van der Waals surface area contributed by atoms with Crippen LogP contribution in [0.15, 0.2) is 29.4 Å². The third kappa shape index (κ3) is 2.76. The Balaban J connectivity index is 1.53. The number of amides is 1. The van der Waals surface area contributed by atoms with Crippen molar-refractivity contribution in [2.75, 3.05) is 6.54 Å². The first kappa shape index (κ1) is 13.3. The molecule has 5 nitrogen and oxygen atoms in total. The summed E-state index contributed by atoms with van der Waals surface area (Å²) >= 11 is 1.54. The van der Waals surface area contributed by atoms with Crippen LogP contribution in [0.1, 0.15) is 23.8 Å². The van der Waals surface area contributed by atoms with Crippen LogP contribution >= 0.6 is 11.3 Å². The minimum atomic E-state index is -0.626. The van der Waals surface area contributed by atoms with E-state index in [9.17, 15) is 9.90 Å². The van der Waals surface area contributed by atoms with Crippen LogP contribution in [0.2, 0.25) is 0 Å². The van der Waals surface area contributed by atoms with Gasteiger partial charge in [-0.25, -0.2) is 4.98 Å². The molecule has 1 aliphatic rings. The summed E-state index contributed by atoms with van der Waals surface area (Å²) in [5.74, 6) is 0.000560. The summed E-state index contributed by atoms with van der Waals surface area (Å²) in [7, 11) is 0. The van der Waals surface area contributed by atoms with Crippen molar-refractivity contribution in [3.8, 4) is 0 Å². The molecule has 3 rings (SSSR count). The van der Waals surface area contributed by atoms with Crippen LogP contribution < -0.4 is 5.32 Å². The molecule has 0 radical (unpaired) electrons. The molecule has 6 heteroatoms. The quantitative estimate of drug-likeness (QED) is 0.893. The van der Waals surface area contributed by atoms with Crippen LogP contribution in [0.3, 0.4) is 0 Å². The Morgan fingerprint density at radius 3 is 3.35 bits per heavy atom. The zero-order chi connectivity index (χ0) is 13.9. The molecule has 1 aliphatic heterocycles. The predicted octanol–water partition coefficient (Wildman–Crippen LogP) is 1.36. The number of aliphatic hydroxyl groups is 1. The first-order valence-corrected chi connectivity index (χ1v) is 7.65. The van der Waals surface area contributed by atoms with E-state index in [1.807, 2.05) is 29.4 Å². The van der Waals surface area contributed by atoms with Crippen molar-refractivity contribution in [3.05, 3.63) is 40.6 Å². The summed E-state index contributed by atoms with van der Waals surface area (Å²) in [5, 5.41) is 16.6. The normalized spacial score (nSPS) is 19.4. The van der Waals surface area contributed by atoms with E-state index in [0.29, 0.717) is 0 Å². The molecule has 0 aliphatic carbocycles. The maximum Gasteiger partial charge on any atom is 0.223 e. The number of aliphatic hydroxyl groups excluding tert-OH is 1. The SMILES string of the molecule is O=C(NCC(O)c1ccsc1)C1CCn2cncc2C1. The van der Waals surface area contributed by atoms with E-state index in [0.717, 1.165) is 30.6 Å². The molecule has 0 fully saturated rings. The largest absolute Gasteiger partial charge is 0.387 e. The van der Waals surface area contributed by atoms with Crippen molar-refractivity contribution in [1.82, 2.24) is 14.9 Å². The van der Waals surface area contributed by atoms with E-state index in [2.05, 4.69) is 14.9 Å². The lowest BCUT2D eigenvalue weighted by atomic mass is 9.95. The lowest BCUT2D eigenvalue weighted by Gasteiger charge is -2.23. The maximum atomic E-state index is 12.2. The van der Waals surface area contributed by atoms with E-state index >= 15 is 0 Å². The molecular weight excluding hydrogens is 274 g/mol. The number of nitrogens with zero attached hydrogens (tertiary/aromatic N) is 2. The van der Waals surface area contributed by atoms with Gasteiger partial charge in [-0.05, 0) is 28.8 Å². The third-order valence-corrected chi connectivity index (χ3v) is 4.44. The number of aromatic nitrogens is 2. The minimum Gasteiger partial charge on any atom is -0.387 e. The summed E-state index contributed by atoms with van der Waals surface area (Å²) in [5.41, 5.74) is 1.96. The number of rotatable bonds is 4. The van der Waals surface area contributed by atoms with Gasteiger partial charge in [-0.15, -0.1) is 0 Å². The molecule has 0 spiro atoms. The lowest BCUT2D eigenvalue weighted by Crippen LogP contribution is -2.37. The minimum absolute atomic E-state index is 0.0196. The van der Waals surface area contributed by atoms with Crippen LogP contribution in [-0.4, -0.2) is 27.1 Å². The van der Waals surface area contributed by atoms with Gasteiger partial charge in [0.1, 0.15) is 0 Å². The van der Waals surface area contributed by atoms with Crippen molar-refractivity contribution in [1.29, 1.82) is 0 Å². The second-order valence-corrected chi connectivity index (χ2v) is 5.87. The fourth-order valence-corrected chi connectivity index (χ4v) is 3.22. The summed E-state index contributed by atoms with van der Waals surface area (Å²) < 4.78 is 2.09. The van der Waals surface area contributed by atoms with Gasteiger partial charge in [0.2, 0.25) is 5.91 Å². The Morgan fingerprint density at radius 1 is 1.65 bits per heavy atom. The van der Waals surface area contributed by atoms with Crippen LogP contribution in [0, 0.1) is 5.92 Å². The lowest BCUT2D eigenvalue weighted by molar-refractivity contribution is -0.126. The highest BCUT2D eigenvalue weighted by Gasteiger charge is 2.25. The van der Waals surface area contributed by atoms with Crippen molar-refractivity contribution in [3.63, 3.8) is 0 Å². The van der Waals surface area contributed by atoms with Gasteiger partial charge in [0.25, 0.3) is 0 Å². The number of carbonyl (C=O) groups excluding carboxylic acids is 1. The van der Waals surface area contributed by atoms with Crippen LogP contribution in [-0.2, 0) is 17.8 Å². The highest BCUT2D eigenvalue weighted by molar-refractivity contribution is 7.07. The highest BCUT2D eigenvalue weighted by Crippen LogP contribution is 2.20. The number of nitrogens with one attached hydrogen (secondary N) is 1. The number of aryl methyl sites for hydroxylation is 1. The average molecular weight is 291 g/mol. The first-order chi connectivity index (χ1) is 9.74. The van der Waals surface area contributed by atoms with Crippen molar-refractivity contribution >= 4 is 17.2 Å². The molecule has 0 bridgehead atoms. The number of hydrogen-bond donors (Lipinski definition) is 2. The number of thiophene rings is 1. The Hall–Kier alpha value is -1.66. The molecule has 2 N–H and O–H groups in total. The van der Waals surface area contributed by atoms with Gasteiger partial charge < -0.3 is 15.0 Å². The summed E-state index contributed by atoms with van der Waals surface area (Å²) in [6, 6.07) is 1.88. The molecule has 106 valence electrons. The molecule has 20 heavy (non-hydrogen) atoms. The second kappa shape index (κ2) is 5.76. The molecule has 2 unspecified atom stereocenters.